The molecule has 1 aromatic heterocycles. The summed E-state index contributed by atoms with van der Waals surface area (Å²) in [7, 11) is 1.90. The molecule has 0 atom stereocenters. The molecule has 0 aromatic carbocycles. The van der Waals surface area contributed by atoms with E-state index < -0.39 is 0 Å². The zero-order valence-electron chi connectivity index (χ0n) is 11.9. The summed E-state index contributed by atoms with van der Waals surface area (Å²) in [6.07, 6.45) is 2.19. The first-order valence-electron chi connectivity index (χ1n) is 6.23. The second-order valence-electron chi connectivity index (χ2n) is 4.03. The lowest BCUT2D eigenvalue weighted by molar-refractivity contribution is 0.470. The fourth-order valence-corrected chi connectivity index (χ4v) is 1.36. The Morgan fingerprint density at radius 1 is 1.45 bits per heavy atom. The summed E-state index contributed by atoms with van der Waals surface area (Å²) in [5.74, 6) is 2.24. The molecule has 1 aromatic rings. The molecule has 8 heteroatoms. The Balaban J connectivity index is 0.00000361. The molecule has 0 aliphatic carbocycles. The van der Waals surface area contributed by atoms with Crippen LogP contribution in [0.15, 0.2) is 17.6 Å². The van der Waals surface area contributed by atoms with Crippen LogP contribution in [0.1, 0.15) is 18.1 Å². The average molecular weight is 396 g/mol. The summed E-state index contributed by atoms with van der Waals surface area (Å²) in [5, 5.41) is 14.1. The third kappa shape index (κ3) is 6.31. The number of aryl methyl sites for hydroxylation is 1. The van der Waals surface area contributed by atoms with Gasteiger partial charge in [0.15, 0.2) is 11.8 Å². The molecule has 0 bridgehead atoms. The van der Waals surface area contributed by atoms with Gasteiger partial charge in [0.05, 0.1) is 6.67 Å². The van der Waals surface area contributed by atoms with E-state index in [4.69, 9.17) is 0 Å². The number of rotatable bonds is 7. The average Bonchev–Trinajstić information content (AvgIpc) is 2.73. The first-order valence-corrected chi connectivity index (χ1v) is 6.23. The lowest BCUT2D eigenvalue weighted by atomic mass is 10.4. The topological polar surface area (TPSA) is 67.1 Å². The minimum absolute atomic E-state index is 0. The van der Waals surface area contributed by atoms with Crippen molar-refractivity contribution >= 4 is 29.9 Å². The van der Waals surface area contributed by atoms with Gasteiger partial charge in [-0.1, -0.05) is 6.08 Å². The number of nitrogens with zero attached hydrogens (tertiary/aromatic N) is 4. The predicted octanol–water partition coefficient (Wildman–Crippen LogP) is 1.32. The van der Waals surface area contributed by atoms with Crippen molar-refractivity contribution in [2.75, 3.05) is 19.8 Å². The molecule has 0 unspecified atom stereocenters. The van der Waals surface area contributed by atoms with Gasteiger partial charge in [-0.25, -0.2) is 4.99 Å². The standard InChI is InChI=1S/C12H21FN6.HI/c1-4-7-14-12(15-8-5-6-13)16-9-11-18-17-10(2)19(11)3;/h4H,1,5-9H2,2-3H3,(H2,14,15,16);1H. The summed E-state index contributed by atoms with van der Waals surface area (Å²) in [4.78, 5) is 4.38. The van der Waals surface area contributed by atoms with E-state index in [9.17, 15) is 4.39 Å². The van der Waals surface area contributed by atoms with Crippen LogP contribution < -0.4 is 10.6 Å². The third-order valence-corrected chi connectivity index (χ3v) is 2.58. The molecule has 0 aliphatic rings. The van der Waals surface area contributed by atoms with E-state index in [1.807, 2.05) is 18.5 Å². The molecular weight excluding hydrogens is 374 g/mol. The second kappa shape index (κ2) is 10.6. The van der Waals surface area contributed by atoms with Crippen LogP contribution in [-0.2, 0) is 13.6 Å². The fourth-order valence-electron chi connectivity index (χ4n) is 1.36. The molecular formula is C12H22FIN6. The molecule has 114 valence electrons. The lowest BCUT2D eigenvalue weighted by Gasteiger charge is -2.10. The van der Waals surface area contributed by atoms with Crippen molar-refractivity contribution in [2.24, 2.45) is 12.0 Å². The largest absolute Gasteiger partial charge is 0.356 e. The maximum absolute atomic E-state index is 12.1. The number of hydrogen-bond donors (Lipinski definition) is 2. The monoisotopic (exact) mass is 396 g/mol. The van der Waals surface area contributed by atoms with E-state index in [1.54, 1.807) is 6.08 Å². The van der Waals surface area contributed by atoms with E-state index >= 15 is 0 Å². The van der Waals surface area contributed by atoms with Crippen molar-refractivity contribution in [1.82, 2.24) is 25.4 Å². The van der Waals surface area contributed by atoms with Gasteiger partial charge < -0.3 is 15.2 Å². The Hall–Kier alpha value is -1.19. The predicted molar refractivity (Wildman–Crippen MR) is 89.1 cm³/mol. The maximum Gasteiger partial charge on any atom is 0.191 e. The molecule has 0 radical (unpaired) electrons. The van der Waals surface area contributed by atoms with Crippen molar-refractivity contribution in [3.8, 4) is 0 Å². The Labute approximate surface area is 136 Å². The maximum atomic E-state index is 12.1. The van der Waals surface area contributed by atoms with Gasteiger partial charge in [-0.2, -0.15) is 0 Å². The molecule has 0 saturated heterocycles. The fraction of sp³-hybridized carbons (Fsp3) is 0.583. The van der Waals surface area contributed by atoms with Crippen LogP contribution in [-0.4, -0.2) is 40.5 Å². The highest BCUT2D eigenvalue weighted by Crippen LogP contribution is 1.98. The normalized spacial score (nSPS) is 10.8. The number of aromatic nitrogens is 3. The van der Waals surface area contributed by atoms with Crippen LogP contribution >= 0.6 is 24.0 Å². The number of nitrogens with one attached hydrogen (secondary N) is 2. The third-order valence-electron chi connectivity index (χ3n) is 2.58. The number of hydrogen-bond acceptors (Lipinski definition) is 3. The van der Waals surface area contributed by atoms with Crippen molar-refractivity contribution in [1.29, 1.82) is 0 Å². The molecule has 0 saturated carbocycles. The van der Waals surface area contributed by atoms with Gasteiger partial charge in [0, 0.05) is 20.1 Å². The van der Waals surface area contributed by atoms with E-state index in [0.29, 0.717) is 32.0 Å². The first kappa shape index (κ1) is 18.8. The molecule has 2 N–H and O–H groups in total. The summed E-state index contributed by atoms with van der Waals surface area (Å²) in [6.45, 7) is 6.73. The Morgan fingerprint density at radius 3 is 2.75 bits per heavy atom. The van der Waals surface area contributed by atoms with Gasteiger partial charge in [-0.3, -0.25) is 4.39 Å². The van der Waals surface area contributed by atoms with Gasteiger partial charge in [0.25, 0.3) is 0 Å². The van der Waals surface area contributed by atoms with Crippen LogP contribution in [0.5, 0.6) is 0 Å². The smallest absolute Gasteiger partial charge is 0.191 e. The van der Waals surface area contributed by atoms with Crippen LogP contribution in [0, 0.1) is 6.92 Å². The minimum atomic E-state index is -0.343. The van der Waals surface area contributed by atoms with Crippen LogP contribution in [0.4, 0.5) is 4.39 Å². The van der Waals surface area contributed by atoms with Gasteiger partial charge in [0.1, 0.15) is 12.4 Å². The molecule has 0 fully saturated rings. The van der Waals surface area contributed by atoms with Crippen molar-refractivity contribution in [3.63, 3.8) is 0 Å². The minimum Gasteiger partial charge on any atom is -0.356 e. The van der Waals surface area contributed by atoms with Gasteiger partial charge in [-0.15, -0.1) is 40.8 Å². The molecule has 1 heterocycles. The first-order chi connectivity index (χ1) is 9.19. The molecule has 1 rings (SSSR count). The lowest BCUT2D eigenvalue weighted by Crippen LogP contribution is -2.38. The summed E-state index contributed by atoms with van der Waals surface area (Å²) in [6, 6.07) is 0. The molecule has 20 heavy (non-hydrogen) atoms. The molecule has 0 amide bonds. The zero-order chi connectivity index (χ0) is 14.1. The second-order valence-corrected chi connectivity index (χ2v) is 4.03. The number of halogens is 2. The van der Waals surface area contributed by atoms with Gasteiger partial charge in [0.2, 0.25) is 0 Å². The van der Waals surface area contributed by atoms with Gasteiger partial charge in [-0.05, 0) is 13.3 Å². The van der Waals surface area contributed by atoms with E-state index in [-0.39, 0.29) is 30.7 Å². The summed E-state index contributed by atoms with van der Waals surface area (Å²) in [5.41, 5.74) is 0. The highest BCUT2D eigenvalue weighted by atomic mass is 127. The van der Waals surface area contributed by atoms with Crippen molar-refractivity contribution < 1.29 is 4.39 Å². The molecule has 0 aliphatic heterocycles. The Bertz CT molecular complexity index is 432. The van der Waals surface area contributed by atoms with Crippen molar-refractivity contribution in [2.45, 2.75) is 19.9 Å². The van der Waals surface area contributed by atoms with E-state index in [2.05, 4.69) is 32.4 Å². The van der Waals surface area contributed by atoms with Crippen LogP contribution in [0.25, 0.3) is 0 Å². The summed E-state index contributed by atoms with van der Waals surface area (Å²) < 4.78 is 13.9. The van der Waals surface area contributed by atoms with Gasteiger partial charge >= 0.3 is 0 Å². The number of aliphatic imine (C=N–C) groups is 1. The molecule has 0 spiro atoms. The van der Waals surface area contributed by atoms with Crippen LogP contribution in [0.3, 0.4) is 0 Å². The zero-order valence-corrected chi connectivity index (χ0v) is 14.2. The van der Waals surface area contributed by atoms with Crippen molar-refractivity contribution in [3.05, 3.63) is 24.3 Å². The highest BCUT2D eigenvalue weighted by Gasteiger charge is 2.04. The Kier molecular flexibility index (Phi) is 9.95. The Morgan fingerprint density at radius 2 is 2.20 bits per heavy atom. The number of guanidine groups is 1. The van der Waals surface area contributed by atoms with E-state index in [1.165, 1.54) is 0 Å². The SMILES string of the molecule is C=CCNC(=NCc1nnc(C)n1C)NCCCF.I. The molecule has 6 nitrogen and oxygen atoms in total. The number of alkyl halides is 1. The summed E-state index contributed by atoms with van der Waals surface area (Å²) >= 11 is 0. The quantitative estimate of drug-likeness (QED) is 0.240. The van der Waals surface area contributed by atoms with E-state index in [0.717, 1.165) is 11.6 Å². The highest BCUT2D eigenvalue weighted by molar-refractivity contribution is 14.0. The van der Waals surface area contributed by atoms with Crippen LogP contribution in [0.2, 0.25) is 0 Å².